The minimum Gasteiger partial charge on any atom is -0.384 e. The zero-order chi connectivity index (χ0) is 27.1. The Kier molecular flexibility index (Phi) is 6.90. The summed E-state index contributed by atoms with van der Waals surface area (Å²) in [4.78, 5) is 31.9. The van der Waals surface area contributed by atoms with E-state index in [-0.39, 0.29) is 24.4 Å². The van der Waals surface area contributed by atoms with Crippen LogP contribution in [0.2, 0.25) is 5.02 Å². The van der Waals surface area contributed by atoms with E-state index in [9.17, 15) is 27.2 Å². The minimum atomic E-state index is -4.73. The molecule has 2 amide bonds. The van der Waals surface area contributed by atoms with Crippen LogP contribution in [0, 0.1) is 24.1 Å². The fourth-order valence-electron chi connectivity index (χ4n) is 4.43. The van der Waals surface area contributed by atoms with Gasteiger partial charge in [0.05, 0.1) is 22.4 Å². The molecule has 1 fully saturated rings. The number of hydrogen-bond acceptors (Lipinski definition) is 5. The number of aryl methyl sites for hydroxylation is 1. The van der Waals surface area contributed by atoms with E-state index in [1.165, 1.54) is 17.9 Å². The molecule has 194 valence electrons. The third-order valence-electron chi connectivity index (χ3n) is 6.46. The highest BCUT2D eigenvalue weighted by molar-refractivity contribution is 6.30. The van der Waals surface area contributed by atoms with E-state index in [1.807, 2.05) is 6.07 Å². The number of amides is 2. The maximum absolute atomic E-state index is 14.7. The van der Waals surface area contributed by atoms with E-state index in [1.54, 1.807) is 19.1 Å². The molecule has 0 aliphatic carbocycles. The number of carbonyl (C=O) groups is 2. The fraction of sp³-hybridized carbons (Fsp3) is 0.360. The van der Waals surface area contributed by atoms with Gasteiger partial charge in [-0.05, 0) is 55.7 Å². The normalized spacial score (nSPS) is 21.5. The summed E-state index contributed by atoms with van der Waals surface area (Å²) in [5, 5.41) is 14.8. The van der Waals surface area contributed by atoms with Crippen LogP contribution in [0.4, 0.5) is 17.6 Å². The third kappa shape index (κ3) is 5.11. The summed E-state index contributed by atoms with van der Waals surface area (Å²) in [5.41, 5.74) is -1.25. The molecule has 2 aliphatic rings. The Hall–Kier alpha value is -3.65. The van der Waals surface area contributed by atoms with Crippen LogP contribution in [0.3, 0.4) is 0 Å². The summed E-state index contributed by atoms with van der Waals surface area (Å²) in [6.45, 7) is 3.43. The SMILES string of the molecule is Cc1cc(C2=NOC(C)(c3cc(C(F)(F)F)cc(Cl)c3F)C2)ccc1C(=O)N[C@H]1CCN(CC#N)C1=O. The molecular formula is C25H21ClF4N4O3. The molecule has 2 atom stereocenters. The van der Waals surface area contributed by atoms with Crippen LogP contribution < -0.4 is 5.32 Å². The minimum absolute atomic E-state index is 0.0430. The van der Waals surface area contributed by atoms with Crippen LogP contribution in [0.15, 0.2) is 35.5 Å². The predicted octanol–water partition coefficient (Wildman–Crippen LogP) is 4.70. The van der Waals surface area contributed by atoms with Crippen molar-refractivity contribution in [1.82, 2.24) is 10.2 Å². The van der Waals surface area contributed by atoms with Gasteiger partial charge >= 0.3 is 6.18 Å². The van der Waals surface area contributed by atoms with Crippen molar-refractivity contribution in [3.8, 4) is 6.07 Å². The molecular weight excluding hydrogens is 516 g/mol. The summed E-state index contributed by atoms with van der Waals surface area (Å²) in [5.74, 6) is -1.80. The highest BCUT2D eigenvalue weighted by Crippen LogP contribution is 2.42. The lowest BCUT2D eigenvalue weighted by Gasteiger charge is -2.24. The monoisotopic (exact) mass is 536 g/mol. The Morgan fingerprint density at radius 2 is 2.08 bits per heavy atom. The summed E-state index contributed by atoms with van der Waals surface area (Å²) in [7, 11) is 0. The second-order valence-electron chi connectivity index (χ2n) is 9.12. The Labute approximate surface area is 214 Å². The van der Waals surface area contributed by atoms with E-state index < -0.39 is 40.1 Å². The van der Waals surface area contributed by atoms with Crippen molar-refractivity contribution in [2.24, 2.45) is 5.16 Å². The standard InChI is InChI=1S/C25H21ClF4N4O3/c1-13-9-14(3-4-16(13)22(35)32-19-5-7-34(8-6-31)23(19)36)20-12-24(2,37-33-20)17-10-15(25(28,29)30)11-18(26)21(17)27/h3-4,9-11,19H,5,7-8,12H2,1-2H3,(H,32,35)/t19-,24?/m0/s1. The largest absolute Gasteiger partial charge is 0.416 e. The second kappa shape index (κ2) is 9.67. The number of oxime groups is 1. The van der Waals surface area contributed by atoms with E-state index in [0.717, 1.165) is 0 Å². The molecule has 4 rings (SSSR count). The van der Waals surface area contributed by atoms with Gasteiger partial charge in [0.25, 0.3) is 5.91 Å². The molecule has 2 heterocycles. The first-order valence-electron chi connectivity index (χ1n) is 11.2. The first-order chi connectivity index (χ1) is 17.3. The summed E-state index contributed by atoms with van der Waals surface area (Å²) in [6.07, 6.45) is -4.38. The highest BCUT2D eigenvalue weighted by Gasteiger charge is 2.42. The number of hydrogen-bond donors (Lipinski definition) is 1. The lowest BCUT2D eigenvalue weighted by molar-refractivity contribution is -0.137. The number of benzene rings is 2. The van der Waals surface area contributed by atoms with Crippen molar-refractivity contribution in [2.75, 3.05) is 13.1 Å². The average Bonchev–Trinajstić information content (AvgIpc) is 3.39. The smallest absolute Gasteiger partial charge is 0.384 e. The second-order valence-corrected chi connectivity index (χ2v) is 9.52. The molecule has 1 N–H and O–H groups in total. The highest BCUT2D eigenvalue weighted by atomic mass is 35.5. The number of likely N-dealkylation sites (tertiary alicyclic amines) is 1. The fourth-order valence-corrected chi connectivity index (χ4v) is 4.65. The Balaban J connectivity index is 1.51. The molecule has 12 heteroatoms. The van der Waals surface area contributed by atoms with Crippen LogP contribution in [-0.4, -0.2) is 41.6 Å². The van der Waals surface area contributed by atoms with Crippen LogP contribution in [-0.2, 0) is 21.4 Å². The number of nitrogens with one attached hydrogen (secondary N) is 1. The lowest BCUT2D eigenvalue weighted by atomic mass is 9.87. The van der Waals surface area contributed by atoms with E-state index in [2.05, 4.69) is 10.5 Å². The first kappa shape index (κ1) is 26.4. The van der Waals surface area contributed by atoms with Gasteiger partial charge in [0.1, 0.15) is 18.4 Å². The van der Waals surface area contributed by atoms with Gasteiger partial charge in [-0.1, -0.05) is 22.8 Å². The van der Waals surface area contributed by atoms with Crippen molar-refractivity contribution in [2.45, 2.75) is 44.5 Å². The Bertz CT molecular complexity index is 1350. The van der Waals surface area contributed by atoms with Gasteiger partial charge in [-0.25, -0.2) is 4.39 Å². The molecule has 2 aromatic rings. The number of carbonyl (C=O) groups excluding carboxylic acids is 2. The Morgan fingerprint density at radius 1 is 1.35 bits per heavy atom. The maximum atomic E-state index is 14.7. The predicted molar refractivity (Wildman–Crippen MR) is 125 cm³/mol. The molecule has 2 aromatic carbocycles. The van der Waals surface area contributed by atoms with Crippen LogP contribution in [0.1, 0.15) is 52.4 Å². The van der Waals surface area contributed by atoms with Gasteiger partial charge in [0.15, 0.2) is 5.60 Å². The van der Waals surface area contributed by atoms with Crippen LogP contribution >= 0.6 is 11.6 Å². The maximum Gasteiger partial charge on any atom is 0.416 e. The Morgan fingerprint density at radius 3 is 2.73 bits per heavy atom. The third-order valence-corrected chi connectivity index (χ3v) is 6.73. The van der Waals surface area contributed by atoms with Crippen molar-refractivity contribution in [1.29, 1.82) is 5.26 Å². The molecule has 0 spiro atoms. The average molecular weight is 537 g/mol. The number of nitriles is 1. The van der Waals surface area contributed by atoms with Gasteiger partial charge in [-0.15, -0.1) is 0 Å². The molecule has 0 saturated carbocycles. The van der Waals surface area contributed by atoms with E-state index in [0.29, 0.717) is 47.5 Å². The van der Waals surface area contributed by atoms with Gasteiger partial charge in [0, 0.05) is 24.1 Å². The number of rotatable bonds is 5. The van der Waals surface area contributed by atoms with Crippen molar-refractivity contribution >= 4 is 29.1 Å². The number of halogens is 5. The summed E-state index contributed by atoms with van der Waals surface area (Å²) < 4.78 is 54.5. The number of nitrogens with zero attached hydrogens (tertiary/aromatic N) is 3. The zero-order valence-corrected chi connectivity index (χ0v) is 20.5. The van der Waals surface area contributed by atoms with Crippen molar-refractivity contribution < 1.29 is 32.0 Å². The molecule has 37 heavy (non-hydrogen) atoms. The topological polar surface area (TPSA) is 94.8 Å². The van der Waals surface area contributed by atoms with Crippen molar-refractivity contribution in [3.63, 3.8) is 0 Å². The molecule has 1 saturated heterocycles. The van der Waals surface area contributed by atoms with Crippen molar-refractivity contribution in [3.05, 3.63) is 69.0 Å². The van der Waals surface area contributed by atoms with Gasteiger partial charge < -0.3 is 15.1 Å². The molecule has 1 unspecified atom stereocenters. The van der Waals surface area contributed by atoms with Gasteiger partial charge in [-0.2, -0.15) is 18.4 Å². The van der Waals surface area contributed by atoms with Gasteiger partial charge in [0.2, 0.25) is 5.91 Å². The zero-order valence-electron chi connectivity index (χ0n) is 19.7. The molecule has 0 radical (unpaired) electrons. The lowest BCUT2D eigenvalue weighted by Crippen LogP contribution is -2.41. The van der Waals surface area contributed by atoms with Crippen LogP contribution in [0.5, 0.6) is 0 Å². The van der Waals surface area contributed by atoms with E-state index >= 15 is 0 Å². The summed E-state index contributed by atoms with van der Waals surface area (Å²) >= 11 is 5.74. The molecule has 0 aromatic heterocycles. The van der Waals surface area contributed by atoms with E-state index in [4.69, 9.17) is 21.7 Å². The quantitative estimate of drug-likeness (QED) is 0.443. The molecule has 0 bridgehead atoms. The molecule has 7 nitrogen and oxygen atoms in total. The molecule has 2 aliphatic heterocycles. The van der Waals surface area contributed by atoms with Crippen LogP contribution in [0.25, 0.3) is 0 Å². The number of alkyl halides is 3. The van der Waals surface area contributed by atoms with Gasteiger partial charge in [-0.3, -0.25) is 9.59 Å². The first-order valence-corrected chi connectivity index (χ1v) is 11.6. The summed E-state index contributed by atoms with van der Waals surface area (Å²) in [6, 6.07) is 7.15.